The van der Waals surface area contributed by atoms with Gasteiger partial charge in [0.05, 0.1) is 21.6 Å². The summed E-state index contributed by atoms with van der Waals surface area (Å²) in [6.45, 7) is 0. The molecule has 1 heterocycles. The molecule has 1 N–H and O–H groups in total. The highest BCUT2D eigenvalue weighted by atomic mass is 79.9. The van der Waals surface area contributed by atoms with Crippen molar-refractivity contribution in [1.29, 1.82) is 0 Å². The Balaban J connectivity index is 1.99. The number of benzene rings is 1. The van der Waals surface area contributed by atoms with Crippen LogP contribution in [-0.2, 0) is 22.9 Å². The van der Waals surface area contributed by atoms with Crippen molar-refractivity contribution < 1.29 is 13.2 Å². The lowest BCUT2D eigenvalue weighted by Crippen LogP contribution is -2.34. The van der Waals surface area contributed by atoms with Gasteiger partial charge < -0.3 is 9.64 Å². The summed E-state index contributed by atoms with van der Waals surface area (Å²) >= 11 is 10.2. The Hall–Kier alpha value is -0.800. The van der Waals surface area contributed by atoms with Gasteiger partial charge in [-0.25, -0.2) is 8.42 Å². The van der Waals surface area contributed by atoms with Gasteiger partial charge in [0.2, 0.25) is 0 Å². The van der Waals surface area contributed by atoms with Gasteiger partial charge in [-0.05, 0) is 73.1 Å². The zero-order valence-electron chi connectivity index (χ0n) is 14.7. The van der Waals surface area contributed by atoms with E-state index in [1.807, 2.05) is 6.07 Å². The van der Waals surface area contributed by atoms with Crippen molar-refractivity contribution in [2.45, 2.75) is 29.5 Å². The highest BCUT2D eigenvalue weighted by molar-refractivity contribution is 9.10. The van der Waals surface area contributed by atoms with E-state index in [2.05, 4.69) is 39.6 Å². The number of ether oxygens (including phenoxy) is 1. The Labute approximate surface area is 171 Å². The van der Waals surface area contributed by atoms with Crippen molar-refractivity contribution in [3.8, 4) is 5.75 Å². The average Bonchev–Trinajstić information content (AvgIpc) is 2.93. The molecule has 3 rings (SSSR count). The first-order valence-electron chi connectivity index (χ1n) is 8.05. The van der Waals surface area contributed by atoms with E-state index in [4.69, 9.17) is 16.3 Å². The van der Waals surface area contributed by atoms with Gasteiger partial charge in [0.1, 0.15) is 5.75 Å². The molecule has 1 aromatic heterocycles. The molecule has 1 aromatic carbocycles. The van der Waals surface area contributed by atoms with E-state index in [0.717, 1.165) is 47.5 Å². The molecule has 0 aliphatic heterocycles. The van der Waals surface area contributed by atoms with Crippen LogP contribution in [0.2, 0.25) is 4.34 Å². The van der Waals surface area contributed by atoms with E-state index in [1.165, 1.54) is 0 Å². The maximum absolute atomic E-state index is 12.8. The lowest BCUT2D eigenvalue weighted by Gasteiger charge is -2.32. The summed E-state index contributed by atoms with van der Waals surface area (Å²) < 4.78 is 35.0. The third kappa shape index (κ3) is 3.89. The highest BCUT2D eigenvalue weighted by Crippen LogP contribution is 2.39. The summed E-state index contributed by atoms with van der Waals surface area (Å²) in [5.74, 6) is 0.801. The van der Waals surface area contributed by atoms with Crippen molar-refractivity contribution in [1.82, 2.24) is 4.90 Å². The molecule has 2 aromatic rings. The van der Waals surface area contributed by atoms with Crippen molar-refractivity contribution in [2.24, 2.45) is 0 Å². The minimum atomic E-state index is -3.72. The van der Waals surface area contributed by atoms with Crippen molar-refractivity contribution in [2.75, 3.05) is 25.9 Å². The fourth-order valence-corrected chi connectivity index (χ4v) is 7.36. The quantitative estimate of drug-likeness (QED) is 0.691. The first-order valence-corrected chi connectivity index (χ1v) is 11.5. The monoisotopic (exact) mass is 478 g/mol. The summed E-state index contributed by atoms with van der Waals surface area (Å²) in [7, 11) is 2.05. The van der Waals surface area contributed by atoms with E-state index in [1.54, 1.807) is 19.2 Å². The summed E-state index contributed by atoms with van der Waals surface area (Å²) in [5, 5.41) is 0. The number of hydrogen-bond acceptors (Lipinski definition) is 5. The molecule has 5 nitrogen and oxygen atoms in total. The molecule has 0 bridgehead atoms. The molecule has 0 amide bonds. The first-order chi connectivity index (χ1) is 12.2. The first kappa shape index (κ1) is 19.9. The number of likely N-dealkylation sites (N-methyl/N-ethyl adjacent to an activating group) is 1. The van der Waals surface area contributed by atoms with E-state index in [0.29, 0.717) is 20.5 Å². The van der Waals surface area contributed by atoms with Gasteiger partial charge in [-0.3, -0.25) is 4.72 Å². The molecule has 0 saturated heterocycles. The van der Waals surface area contributed by atoms with Gasteiger partial charge in [0.15, 0.2) is 4.21 Å². The molecule has 0 saturated carbocycles. The molecule has 1 aliphatic carbocycles. The number of sulfonamides is 1. The molecule has 0 unspecified atom stereocenters. The number of halogens is 2. The zero-order valence-corrected chi connectivity index (χ0v) is 18.7. The highest BCUT2D eigenvalue weighted by Gasteiger charge is 2.28. The van der Waals surface area contributed by atoms with E-state index < -0.39 is 10.0 Å². The van der Waals surface area contributed by atoms with Crippen LogP contribution in [0.5, 0.6) is 5.75 Å². The van der Waals surface area contributed by atoms with Gasteiger partial charge in [-0.2, -0.15) is 0 Å². The van der Waals surface area contributed by atoms with Crippen LogP contribution < -0.4 is 9.46 Å². The fourth-order valence-electron chi connectivity index (χ4n) is 3.26. The Morgan fingerprint density at radius 1 is 1.35 bits per heavy atom. The number of nitrogens with one attached hydrogen (secondary N) is 1. The minimum absolute atomic E-state index is 0.175. The third-order valence-corrected chi connectivity index (χ3v) is 8.93. The molecule has 26 heavy (non-hydrogen) atoms. The van der Waals surface area contributed by atoms with Gasteiger partial charge >= 0.3 is 0 Å². The smallest absolute Gasteiger partial charge is 0.272 e. The van der Waals surface area contributed by atoms with Crippen LogP contribution in [0.4, 0.5) is 5.69 Å². The second kappa shape index (κ2) is 7.67. The van der Waals surface area contributed by atoms with Crippen LogP contribution in [0.15, 0.2) is 26.9 Å². The lowest BCUT2D eigenvalue weighted by molar-refractivity contribution is 0.265. The topological polar surface area (TPSA) is 58.6 Å². The molecule has 1 atom stereocenters. The van der Waals surface area contributed by atoms with Gasteiger partial charge in [0.25, 0.3) is 10.0 Å². The molecule has 9 heteroatoms. The van der Waals surface area contributed by atoms with Crippen LogP contribution in [-0.4, -0.2) is 40.6 Å². The number of thiophene rings is 1. The Morgan fingerprint density at radius 3 is 2.65 bits per heavy atom. The number of anilines is 1. The molecule has 142 valence electrons. The van der Waals surface area contributed by atoms with Crippen molar-refractivity contribution >= 4 is 54.6 Å². The Morgan fingerprint density at radius 2 is 2.08 bits per heavy atom. The molecular formula is C17H20BrClN2O3S2. The predicted octanol–water partition coefficient (Wildman–Crippen LogP) is 4.39. The Kier molecular flexibility index (Phi) is 5.89. The number of hydrogen-bond donors (Lipinski definition) is 1. The van der Waals surface area contributed by atoms with Gasteiger partial charge in [-0.15, -0.1) is 11.3 Å². The van der Waals surface area contributed by atoms with E-state index in [9.17, 15) is 8.42 Å². The molecule has 1 aliphatic rings. The van der Waals surface area contributed by atoms with Crippen molar-refractivity contribution in [3.63, 3.8) is 0 Å². The number of fused-ring (bicyclic) bond motifs is 1. The number of methoxy groups -OCH3 is 1. The maximum atomic E-state index is 12.8. The number of rotatable bonds is 5. The molecule has 0 fully saturated rings. The minimum Gasteiger partial charge on any atom is -0.496 e. The van der Waals surface area contributed by atoms with Gasteiger partial charge in [0, 0.05) is 11.6 Å². The molecular weight excluding hydrogens is 460 g/mol. The van der Waals surface area contributed by atoms with Crippen LogP contribution in [0.3, 0.4) is 0 Å². The average molecular weight is 480 g/mol. The zero-order chi connectivity index (χ0) is 19.1. The summed E-state index contributed by atoms with van der Waals surface area (Å²) in [5.41, 5.74) is 2.68. The maximum Gasteiger partial charge on any atom is 0.272 e. The normalized spacial score (nSPS) is 17.2. The number of nitrogens with zero attached hydrogens (tertiary/aromatic N) is 1. The standard InChI is InChI=1S/C17H20BrClN2O3S2/c1-21(2)10-4-5-11-12(8-10)15(24-3)7-6-14(11)20-26(22,23)17-13(18)9-16(19)25-17/h6-7,9-10,20H,4-5,8H2,1-3H3/t10-/m0/s1. The fraction of sp³-hybridized carbons (Fsp3) is 0.412. The second-order valence-electron chi connectivity index (χ2n) is 6.42. The molecule has 0 spiro atoms. The van der Waals surface area contributed by atoms with Crippen LogP contribution in [0.25, 0.3) is 0 Å². The largest absolute Gasteiger partial charge is 0.496 e. The second-order valence-corrected chi connectivity index (χ2v) is 10.8. The lowest BCUT2D eigenvalue weighted by atomic mass is 9.86. The van der Waals surface area contributed by atoms with E-state index >= 15 is 0 Å². The van der Waals surface area contributed by atoms with Crippen LogP contribution >= 0.6 is 38.9 Å². The summed E-state index contributed by atoms with van der Waals surface area (Å²) in [6, 6.07) is 5.60. The van der Waals surface area contributed by atoms with Crippen molar-refractivity contribution in [3.05, 3.63) is 38.1 Å². The SMILES string of the molecule is COc1ccc(NS(=O)(=O)c2sc(Cl)cc2Br)c2c1C[C@@H](N(C)C)CC2. The summed E-state index contributed by atoms with van der Waals surface area (Å²) in [4.78, 5) is 2.20. The van der Waals surface area contributed by atoms with Gasteiger partial charge in [-0.1, -0.05) is 11.6 Å². The Bertz CT molecular complexity index is 928. The summed E-state index contributed by atoms with van der Waals surface area (Å²) in [6.07, 6.45) is 2.59. The van der Waals surface area contributed by atoms with Crippen LogP contribution in [0.1, 0.15) is 17.5 Å². The third-order valence-electron chi connectivity index (χ3n) is 4.62. The van der Waals surface area contributed by atoms with Crippen LogP contribution in [0, 0.1) is 0 Å². The molecule has 0 radical (unpaired) electrons. The van der Waals surface area contributed by atoms with E-state index in [-0.39, 0.29) is 4.21 Å². The predicted molar refractivity (Wildman–Crippen MR) is 110 cm³/mol.